The van der Waals surface area contributed by atoms with Gasteiger partial charge in [-0.2, -0.15) is 4.31 Å². The van der Waals surface area contributed by atoms with E-state index < -0.39 is 10.0 Å². The minimum Gasteiger partial charge on any atom is -0.315 e. The van der Waals surface area contributed by atoms with Gasteiger partial charge >= 0.3 is 0 Å². The van der Waals surface area contributed by atoms with E-state index in [2.05, 4.69) is 5.32 Å². The fraction of sp³-hybridized carbons (Fsp3) is 0.385. The molecule has 0 aliphatic heterocycles. The Hall–Kier alpha value is -0.730. The molecule has 0 radical (unpaired) electrons. The third-order valence-electron chi connectivity index (χ3n) is 2.85. The summed E-state index contributed by atoms with van der Waals surface area (Å²) >= 11 is 2.91. The zero-order chi connectivity index (χ0) is 14.6. The Labute approximate surface area is 128 Å². The monoisotopic (exact) mass is 330 g/mol. The number of rotatable bonds is 7. The first-order chi connectivity index (χ1) is 9.57. The first kappa shape index (κ1) is 15.7. The third-order valence-corrected chi connectivity index (χ3v) is 7.18. The number of hydrogen-bond acceptors (Lipinski definition) is 5. The lowest BCUT2D eigenvalue weighted by molar-refractivity contribution is 0.428. The van der Waals surface area contributed by atoms with Gasteiger partial charge in [-0.3, -0.25) is 0 Å². The summed E-state index contributed by atoms with van der Waals surface area (Å²) in [5.41, 5.74) is 0. The fourth-order valence-electron chi connectivity index (χ4n) is 1.84. The molecule has 110 valence electrons. The average Bonchev–Trinajstić information content (AvgIpc) is 3.07. The second-order valence-corrected chi connectivity index (χ2v) is 8.63. The smallest absolute Gasteiger partial charge is 0.252 e. The van der Waals surface area contributed by atoms with Crippen molar-refractivity contribution in [3.05, 3.63) is 39.4 Å². The third kappa shape index (κ3) is 3.48. The topological polar surface area (TPSA) is 49.4 Å². The van der Waals surface area contributed by atoms with Gasteiger partial charge in [-0.25, -0.2) is 8.42 Å². The maximum atomic E-state index is 12.6. The van der Waals surface area contributed by atoms with Crippen LogP contribution in [-0.2, 0) is 23.1 Å². The van der Waals surface area contributed by atoms with Crippen molar-refractivity contribution in [2.45, 2.75) is 24.2 Å². The van der Waals surface area contributed by atoms with Gasteiger partial charge in [0.15, 0.2) is 0 Å². The van der Waals surface area contributed by atoms with Gasteiger partial charge in [-0.05, 0) is 30.6 Å². The molecular weight excluding hydrogens is 312 g/mol. The van der Waals surface area contributed by atoms with Crippen LogP contribution in [0, 0.1) is 0 Å². The molecule has 0 aliphatic carbocycles. The Balaban J connectivity index is 2.21. The van der Waals surface area contributed by atoms with Crippen molar-refractivity contribution in [3.8, 4) is 0 Å². The van der Waals surface area contributed by atoms with E-state index in [0.29, 0.717) is 23.8 Å². The second kappa shape index (κ2) is 6.82. The van der Waals surface area contributed by atoms with Crippen LogP contribution >= 0.6 is 22.7 Å². The Morgan fingerprint density at radius 1 is 1.25 bits per heavy atom. The highest BCUT2D eigenvalue weighted by molar-refractivity contribution is 7.91. The quantitative estimate of drug-likeness (QED) is 0.849. The number of sulfonamides is 1. The summed E-state index contributed by atoms with van der Waals surface area (Å²) in [6.45, 7) is 3.47. The van der Waals surface area contributed by atoms with Crippen molar-refractivity contribution in [2.24, 2.45) is 0 Å². The Morgan fingerprint density at radius 2 is 2.05 bits per heavy atom. The minimum absolute atomic E-state index is 0.418. The van der Waals surface area contributed by atoms with Crippen LogP contribution in [0.25, 0.3) is 0 Å². The van der Waals surface area contributed by atoms with E-state index in [0.717, 1.165) is 9.75 Å². The lowest BCUT2D eigenvalue weighted by Crippen LogP contribution is -2.29. The normalized spacial score (nSPS) is 12.2. The van der Waals surface area contributed by atoms with Crippen molar-refractivity contribution in [1.29, 1.82) is 0 Å². The van der Waals surface area contributed by atoms with Gasteiger partial charge in [-0.15, -0.1) is 22.7 Å². The van der Waals surface area contributed by atoms with Crippen LogP contribution < -0.4 is 5.32 Å². The van der Waals surface area contributed by atoms with Gasteiger partial charge in [0.2, 0.25) is 0 Å². The maximum absolute atomic E-state index is 12.6. The number of nitrogens with one attached hydrogen (secondary N) is 1. The highest BCUT2D eigenvalue weighted by atomic mass is 32.2. The summed E-state index contributed by atoms with van der Waals surface area (Å²) in [4.78, 5) is 2.08. The fourth-order valence-corrected chi connectivity index (χ4v) is 5.59. The van der Waals surface area contributed by atoms with Crippen LogP contribution in [0.2, 0.25) is 0 Å². The number of nitrogens with zero attached hydrogens (tertiary/aromatic N) is 1. The molecule has 1 N–H and O–H groups in total. The molecule has 0 amide bonds. The van der Waals surface area contributed by atoms with E-state index in [4.69, 9.17) is 0 Å². The largest absolute Gasteiger partial charge is 0.315 e. The van der Waals surface area contributed by atoms with E-state index in [-0.39, 0.29) is 0 Å². The number of hydrogen-bond donors (Lipinski definition) is 1. The molecule has 0 bridgehead atoms. The van der Waals surface area contributed by atoms with Crippen LogP contribution in [0.15, 0.2) is 33.9 Å². The predicted molar refractivity (Wildman–Crippen MR) is 84.7 cm³/mol. The van der Waals surface area contributed by atoms with E-state index in [1.807, 2.05) is 37.6 Å². The van der Waals surface area contributed by atoms with Crippen LogP contribution in [0.1, 0.15) is 16.7 Å². The van der Waals surface area contributed by atoms with Crippen LogP contribution in [-0.4, -0.2) is 26.3 Å². The Morgan fingerprint density at radius 3 is 2.65 bits per heavy atom. The standard InChI is InChI=1S/C13H18N2O2S3/c1-3-15(10-12-5-4-8-18-12)20(16,17)13-7-6-11(19-13)9-14-2/h4-8,14H,3,9-10H2,1-2H3. The van der Waals surface area contributed by atoms with Gasteiger partial charge < -0.3 is 5.32 Å². The average molecular weight is 330 g/mol. The molecule has 0 saturated heterocycles. The molecule has 2 aromatic rings. The molecule has 0 fully saturated rings. The lowest BCUT2D eigenvalue weighted by atomic mass is 10.4. The molecule has 20 heavy (non-hydrogen) atoms. The van der Waals surface area contributed by atoms with Gasteiger partial charge in [0.1, 0.15) is 4.21 Å². The van der Waals surface area contributed by atoms with E-state index in [9.17, 15) is 8.42 Å². The first-order valence-electron chi connectivity index (χ1n) is 6.33. The molecule has 0 unspecified atom stereocenters. The van der Waals surface area contributed by atoms with Crippen molar-refractivity contribution in [1.82, 2.24) is 9.62 Å². The van der Waals surface area contributed by atoms with Gasteiger partial charge in [0, 0.05) is 29.4 Å². The molecule has 4 nitrogen and oxygen atoms in total. The molecule has 0 aliphatic rings. The Kier molecular flexibility index (Phi) is 5.34. The van der Waals surface area contributed by atoms with Gasteiger partial charge in [0.25, 0.3) is 10.0 Å². The van der Waals surface area contributed by atoms with Crippen molar-refractivity contribution < 1.29 is 8.42 Å². The van der Waals surface area contributed by atoms with Crippen molar-refractivity contribution in [2.75, 3.05) is 13.6 Å². The SMILES string of the molecule is CCN(Cc1cccs1)S(=O)(=O)c1ccc(CNC)s1. The van der Waals surface area contributed by atoms with Crippen molar-refractivity contribution >= 4 is 32.7 Å². The molecule has 0 atom stereocenters. The summed E-state index contributed by atoms with van der Waals surface area (Å²) in [5, 5.41) is 5.00. The summed E-state index contributed by atoms with van der Waals surface area (Å²) < 4.78 is 27.2. The second-order valence-electron chi connectivity index (χ2n) is 4.26. The first-order valence-corrected chi connectivity index (χ1v) is 9.47. The van der Waals surface area contributed by atoms with Crippen LogP contribution in [0.4, 0.5) is 0 Å². The van der Waals surface area contributed by atoms with Gasteiger partial charge in [-0.1, -0.05) is 13.0 Å². The van der Waals surface area contributed by atoms with E-state index in [1.54, 1.807) is 17.4 Å². The predicted octanol–water partition coefficient (Wildman–Crippen LogP) is 2.74. The minimum atomic E-state index is -3.39. The highest BCUT2D eigenvalue weighted by Gasteiger charge is 2.25. The molecule has 7 heteroatoms. The Bertz CT molecular complexity index is 632. The van der Waals surface area contributed by atoms with Crippen molar-refractivity contribution in [3.63, 3.8) is 0 Å². The van der Waals surface area contributed by atoms with Crippen LogP contribution in [0.5, 0.6) is 0 Å². The summed E-state index contributed by atoms with van der Waals surface area (Å²) in [5.74, 6) is 0. The van der Waals surface area contributed by atoms with E-state index >= 15 is 0 Å². The molecule has 2 rings (SSSR count). The zero-order valence-electron chi connectivity index (χ0n) is 11.5. The maximum Gasteiger partial charge on any atom is 0.252 e. The summed E-state index contributed by atoms with van der Waals surface area (Å²) in [6.07, 6.45) is 0. The zero-order valence-corrected chi connectivity index (χ0v) is 13.9. The summed E-state index contributed by atoms with van der Waals surface area (Å²) in [6, 6.07) is 7.47. The number of thiophene rings is 2. The molecule has 0 saturated carbocycles. The van der Waals surface area contributed by atoms with Gasteiger partial charge in [0.05, 0.1) is 0 Å². The summed E-state index contributed by atoms with van der Waals surface area (Å²) in [7, 11) is -1.54. The lowest BCUT2D eigenvalue weighted by Gasteiger charge is -2.18. The molecular formula is C13H18N2O2S3. The highest BCUT2D eigenvalue weighted by Crippen LogP contribution is 2.26. The molecule has 0 aromatic carbocycles. The van der Waals surface area contributed by atoms with Crippen LogP contribution in [0.3, 0.4) is 0 Å². The molecule has 2 aromatic heterocycles. The molecule has 0 spiro atoms. The van der Waals surface area contributed by atoms with E-state index in [1.165, 1.54) is 15.6 Å². The molecule has 2 heterocycles.